The Morgan fingerprint density at radius 3 is 3.12 bits per heavy atom. The van der Waals surface area contributed by atoms with Crippen LogP contribution in [0.3, 0.4) is 0 Å². The number of aromatic hydroxyl groups is 1. The molecular formula is C12H17N3O2. The predicted molar refractivity (Wildman–Crippen MR) is 63.6 cm³/mol. The first-order valence-corrected chi connectivity index (χ1v) is 5.87. The van der Waals surface area contributed by atoms with Crippen LogP contribution in [0.2, 0.25) is 0 Å². The van der Waals surface area contributed by atoms with Crippen molar-refractivity contribution in [2.24, 2.45) is 11.7 Å². The molecule has 1 aromatic heterocycles. The third-order valence-electron chi connectivity index (χ3n) is 3.28. The van der Waals surface area contributed by atoms with E-state index >= 15 is 0 Å². The highest BCUT2D eigenvalue weighted by atomic mass is 16.3. The molecule has 2 atom stereocenters. The van der Waals surface area contributed by atoms with Crippen LogP contribution in [0.1, 0.15) is 29.8 Å². The summed E-state index contributed by atoms with van der Waals surface area (Å²) in [5, 5.41) is 12.4. The summed E-state index contributed by atoms with van der Waals surface area (Å²) in [5.74, 6) is -0.0782. The van der Waals surface area contributed by atoms with Crippen molar-refractivity contribution >= 4 is 5.91 Å². The van der Waals surface area contributed by atoms with Crippen LogP contribution < -0.4 is 11.1 Å². The molecule has 5 nitrogen and oxygen atoms in total. The normalized spacial score (nSPS) is 23.6. The van der Waals surface area contributed by atoms with Gasteiger partial charge in [0.25, 0.3) is 5.91 Å². The first-order valence-electron chi connectivity index (χ1n) is 5.87. The second kappa shape index (κ2) is 5.14. The zero-order valence-corrected chi connectivity index (χ0v) is 9.60. The Hall–Kier alpha value is -1.62. The van der Waals surface area contributed by atoms with Gasteiger partial charge in [0.1, 0.15) is 5.75 Å². The smallest absolute Gasteiger partial charge is 0.273 e. The molecule has 0 aromatic carbocycles. The van der Waals surface area contributed by atoms with Crippen molar-refractivity contribution in [1.82, 2.24) is 10.3 Å². The van der Waals surface area contributed by atoms with E-state index in [1.807, 2.05) is 0 Å². The highest BCUT2D eigenvalue weighted by Crippen LogP contribution is 2.25. The maximum Gasteiger partial charge on any atom is 0.273 e. The number of rotatable bonds is 3. The number of hydrogen-bond acceptors (Lipinski definition) is 4. The Balaban J connectivity index is 2.04. The zero-order valence-electron chi connectivity index (χ0n) is 9.60. The van der Waals surface area contributed by atoms with Crippen LogP contribution in [-0.4, -0.2) is 28.6 Å². The fourth-order valence-corrected chi connectivity index (χ4v) is 2.32. The summed E-state index contributed by atoms with van der Waals surface area (Å²) in [6.07, 6.45) is 4.57. The Labute approximate surface area is 100 Å². The second-order valence-electron chi connectivity index (χ2n) is 4.38. The minimum absolute atomic E-state index is 0.0789. The van der Waals surface area contributed by atoms with E-state index in [4.69, 9.17) is 5.73 Å². The van der Waals surface area contributed by atoms with Crippen LogP contribution in [0.15, 0.2) is 18.3 Å². The first-order chi connectivity index (χ1) is 8.22. The molecule has 1 saturated carbocycles. The van der Waals surface area contributed by atoms with Crippen molar-refractivity contribution in [2.45, 2.75) is 25.3 Å². The molecule has 92 valence electrons. The molecule has 0 saturated heterocycles. The SMILES string of the molecule is NCC1CCCC1NC(=O)c1ncccc1O. The van der Waals surface area contributed by atoms with E-state index in [-0.39, 0.29) is 23.4 Å². The molecule has 1 aliphatic carbocycles. The first kappa shape index (κ1) is 11.9. The number of hydrogen-bond donors (Lipinski definition) is 3. The maximum absolute atomic E-state index is 11.9. The number of nitrogens with two attached hydrogens (primary N) is 1. The van der Waals surface area contributed by atoms with Gasteiger partial charge in [-0.2, -0.15) is 0 Å². The number of carbonyl (C=O) groups is 1. The lowest BCUT2D eigenvalue weighted by Gasteiger charge is -2.19. The lowest BCUT2D eigenvalue weighted by Crippen LogP contribution is -2.40. The minimum Gasteiger partial charge on any atom is -0.505 e. The van der Waals surface area contributed by atoms with Crippen molar-refractivity contribution in [1.29, 1.82) is 0 Å². The van der Waals surface area contributed by atoms with Crippen LogP contribution in [0.4, 0.5) is 0 Å². The van der Waals surface area contributed by atoms with Gasteiger partial charge in [-0.25, -0.2) is 4.98 Å². The number of amides is 1. The molecule has 17 heavy (non-hydrogen) atoms. The number of carbonyl (C=O) groups excluding carboxylic acids is 1. The van der Waals surface area contributed by atoms with E-state index < -0.39 is 0 Å². The molecule has 0 spiro atoms. The number of nitrogens with one attached hydrogen (secondary N) is 1. The summed E-state index contributed by atoms with van der Waals surface area (Å²) >= 11 is 0. The molecule has 1 fully saturated rings. The number of aromatic nitrogens is 1. The van der Waals surface area contributed by atoms with Gasteiger partial charge in [0.05, 0.1) is 0 Å². The second-order valence-corrected chi connectivity index (χ2v) is 4.38. The van der Waals surface area contributed by atoms with Crippen molar-refractivity contribution in [2.75, 3.05) is 6.54 Å². The molecule has 4 N–H and O–H groups in total. The summed E-state index contributed by atoms with van der Waals surface area (Å²) in [6.45, 7) is 0.582. The maximum atomic E-state index is 11.9. The van der Waals surface area contributed by atoms with Crippen LogP contribution >= 0.6 is 0 Å². The standard InChI is InChI=1S/C12H17N3O2/c13-7-8-3-1-4-9(8)15-12(17)11-10(16)5-2-6-14-11/h2,5-6,8-9,16H,1,3-4,7,13H2,(H,15,17). The summed E-state index contributed by atoms with van der Waals surface area (Å²) in [4.78, 5) is 15.8. The summed E-state index contributed by atoms with van der Waals surface area (Å²) in [5.41, 5.74) is 5.73. The Morgan fingerprint density at radius 2 is 2.41 bits per heavy atom. The lowest BCUT2D eigenvalue weighted by molar-refractivity contribution is 0.0920. The van der Waals surface area contributed by atoms with Gasteiger partial charge >= 0.3 is 0 Å². The van der Waals surface area contributed by atoms with Crippen LogP contribution in [0, 0.1) is 5.92 Å². The largest absolute Gasteiger partial charge is 0.505 e. The highest BCUT2D eigenvalue weighted by Gasteiger charge is 2.28. The van der Waals surface area contributed by atoms with Gasteiger partial charge in [0, 0.05) is 12.2 Å². The molecule has 0 radical (unpaired) electrons. The molecule has 5 heteroatoms. The average molecular weight is 235 g/mol. The van der Waals surface area contributed by atoms with Crippen molar-refractivity contribution in [3.8, 4) is 5.75 Å². The molecule has 1 heterocycles. The minimum atomic E-state index is -0.326. The third kappa shape index (κ3) is 2.55. The van der Waals surface area contributed by atoms with Gasteiger partial charge in [-0.1, -0.05) is 6.42 Å². The fourth-order valence-electron chi connectivity index (χ4n) is 2.32. The van der Waals surface area contributed by atoms with E-state index in [0.29, 0.717) is 12.5 Å². The van der Waals surface area contributed by atoms with Gasteiger partial charge < -0.3 is 16.2 Å². The monoisotopic (exact) mass is 235 g/mol. The topological polar surface area (TPSA) is 88.2 Å². The van der Waals surface area contributed by atoms with Gasteiger partial charge in [-0.3, -0.25) is 4.79 Å². The summed E-state index contributed by atoms with van der Waals surface area (Å²) in [7, 11) is 0. The molecule has 1 aliphatic rings. The average Bonchev–Trinajstić information content (AvgIpc) is 2.76. The highest BCUT2D eigenvalue weighted by molar-refractivity contribution is 5.94. The predicted octanol–water partition coefficient (Wildman–Crippen LogP) is 0.644. The van der Waals surface area contributed by atoms with Gasteiger partial charge in [-0.05, 0) is 37.4 Å². The van der Waals surface area contributed by atoms with Gasteiger partial charge in [-0.15, -0.1) is 0 Å². The van der Waals surface area contributed by atoms with E-state index in [9.17, 15) is 9.90 Å². The fraction of sp³-hybridized carbons (Fsp3) is 0.500. The summed E-state index contributed by atoms with van der Waals surface area (Å²) in [6, 6.07) is 3.15. The molecule has 0 aliphatic heterocycles. The molecule has 2 unspecified atom stereocenters. The quantitative estimate of drug-likeness (QED) is 0.717. The van der Waals surface area contributed by atoms with Gasteiger partial charge in [0.15, 0.2) is 5.69 Å². The third-order valence-corrected chi connectivity index (χ3v) is 3.28. The van der Waals surface area contributed by atoms with Crippen LogP contribution in [-0.2, 0) is 0 Å². The number of nitrogens with zero attached hydrogens (tertiary/aromatic N) is 1. The van der Waals surface area contributed by atoms with E-state index in [2.05, 4.69) is 10.3 Å². The molecule has 2 rings (SSSR count). The molecule has 1 aromatic rings. The molecule has 0 bridgehead atoms. The lowest BCUT2D eigenvalue weighted by atomic mass is 10.0. The molecular weight excluding hydrogens is 218 g/mol. The Bertz CT molecular complexity index is 408. The number of pyridine rings is 1. The van der Waals surface area contributed by atoms with E-state index in [1.54, 1.807) is 6.07 Å². The van der Waals surface area contributed by atoms with E-state index in [1.165, 1.54) is 12.3 Å². The molecule has 1 amide bonds. The van der Waals surface area contributed by atoms with Gasteiger partial charge in [0.2, 0.25) is 0 Å². The Morgan fingerprint density at radius 1 is 1.59 bits per heavy atom. The van der Waals surface area contributed by atoms with Crippen molar-refractivity contribution < 1.29 is 9.90 Å². The van der Waals surface area contributed by atoms with Crippen molar-refractivity contribution in [3.05, 3.63) is 24.0 Å². The van der Waals surface area contributed by atoms with Crippen molar-refractivity contribution in [3.63, 3.8) is 0 Å². The van der Waals surface area contributed by atoms with E-state index in [0.717, 1.165) is 19.3 Å². The summed E-state index contributed by atoms with van der Waals surface area (Å²) < 4.78 is 0. The van der Waals surface area contributed by atoms with Crippen LogP contribution in [0.25, 0.3) is 0 Å². The zero-order chi connectivity index (χ0) is 12.3. The van der Waals surface area contributed by atoms with Crippen LogP contribution in [0.5, 0.6) is 5.75 Å². The Kier molecular flexibility index (Phi) is 3.58.